The van der Waals surface area contributed by atoms with Crippen LogP contribution in [0.3, 0.4) is 0 Å². The van der Waals surface area contributed by atoms with E-state index in [1.807, 2.05) is 0 Å². The van der Waals surface area contributed by atoms with Crippen LogP contribution in [0.4, 0.5) is 13.2 Å². The van der Waals surface area contributed by atoms with Crippen LogP contribution in [0.1, 0.15) is 5.82 Å². The number of fused-ring (bicyclic) bond motifs is 1. The van der Waals surface area contributed by atoms with E-state index in [1.54, 1.807) is 24.3 Å². The number of halogens is 4. The van der Waals surface area contributed by atoms with Crippen molar-refractivity contribution in [3.8, 4) is 11.5 Å². The minimum Gasteiger partial charge on any atom is -0.411 e. The average Bonchev–Trinajstić information content (AvgIpc) is 3.21. The zero-order valence-electron chi connectivity index (χ0n) is 12.5. The van der Waals surface area contributed by atoms with Crippen molar-refractivity contribution in [3.05, 3.63) is 47.2 Å². The Bertz CT molecular complexity index is 1080. The Morgan fingerprint density at radius 1 is 0.962 bits per heavy atom. The lowest BCUT2D eigenvalue weighted by Crippen LogP contribution is -2.12. The Labute approximate surface area is 152 Å². The topological polar surface area (TPSA) is 82.0 Å². The van der Waals surface area contributed by atoms with Crippen LogP contribution < -0.4 is 0 Å². The van der Waals surface area contributed by atoms with E-state index < -0.39 is 12.0 Å². The molecule has 4 rings (SSSR count). The molecule has 4 aromatic rings. The minimum atomic E-state index is -4.66. The third-order valence-corrected chi connectivity index (χ3v) is 4.20. The van der Waals surface area contributed by atoms with Gasteiger partial charge in [-0.15, -0.1) is 20.4 Å². The molecule has 0 aliphatic heterocycles. The minimum absolute atomic E-state index is 0.0194. The maximum absolute atomic E-state index is 12.9. The largest absolute Gasteiger partial charge is 0.453 e. The number of aromatic nitrogens is 6. The number of hydrogen-bond donors (Lipinski definition) is 0. The van der Waals surface area contributed by atoms with Gasteiger partial charge in [0.2, 0.25) is 5.89 Å². The van der Waals surface area contributed by atoms with E-state index in [1.165, 1.54) is 12.1 Å². The Morgan fingerprint density at radius 3 is 2.46 bits per heavy atom. The predicted molar refractivity (Wildman–Crippen MR) is 84.7 cm³/mol. The molecular weight excluding hydrogens is 393 g/mol. The van der Waals surface area contributed by atoms with Crippen LogP contribution in [-0.4, -0.2) is 30.0 Å². The summed E-state index contributed by atoms with van der Waals surface area (Å²) in [6, 6.07) is 9.62. The quantitative estimate of drug-likeness (QED) is 0.516. The third kappa shape index (κ3) is 3.22. The maximum Gasteiger partial charge on any atom is 0.453 e. The Morgan fingerprint density at radius 2 is 1.73 bits per heavy atom. The van der Waals surface area contributed by atoms with Crippen LogP contribution in [-0.2, 0) is 6.18 Å². The molecule has 0 saturated carbocycles. The molecule has 0 fully saturated rings. The Balaban J connectivity index is 1.62. The van der Waals surface area contributed by atoms with Gasteiger partial charge in [-0.1, -0.05) is 11.6 Å². The standard InChI is InChI=1S/C14H6ClF3N6OS/c15-8-3-1-7(2-4-8)11-20-22-13(25-11)26-10-6-5-9-19-21-12(14(16,17)18)24(9)23-10/h1-6H. The SMILES string of the molecule is FC(F)(F)c1nnc2ccc(Sc3nnc(-c4ccc(Cl)cc4)o3)nn12. The first kappa shape index (κ1) is 16.8. The van der Waals surface area contributed by atoms with E-state index >= 15 is 0 Å². The highest BCUT2D eigenvalue weighted by Crippen LogP contribution is 2.30. The van der Waals surface area contributed by atoms with Gasteiger partial charge in [0.1, 0.15) is 5.03 Å². The van der Waals surface area contributed by atoms with Crippen molar-refractivity contribution in [2.24, 2.45) is 0 Å². The molecule has 0 aliphatic carbocycles. The molecule has 0 N–H and O–H groups in total. The van der Waals surface area contributed by atoms with Crippen molar-refractivity contribution in [2.75, 3.05) is 0 Å². The Hall–Kier alpha value is -2.66. The average molecular weight is 399 g/mol. The second-order valence-corrected chi connectivity index (χ2v) is 6.35. The first-order chi connectivity index (χ1) is 12.4. The highest BCUT2D eigenvalue weighted by atomic mass is 35.5. The summed E-state index contributed by atoms with van der Waals surface area (Å²) in [7, 11) is 0. The summed E-state index contributed by atoms with van der Waals surface area (Å²) < 4.78 is 44.8. The van der Waals surface area contributed by atoms with Gasteiger partial charge >= 0.3 is 6.18 Å². The van der Waals surface area contributed by atoms with Crippen LogP contribution in [0.15, 0.2) is 51.1 Å². The molecular formula is C14H6ClF3N6OS. The van der Waals surface area contributed by atoms with E-state index in [0.717, 1.165) is 11.8 Å². The molecule has 0 spiro atoms. The van der Waals surface area contributed by atoms with Gasteiger partial charge < -0.3 is 4.42 Å². The van der Waals surface area contributed by atoms with Crippen molar-refractivity contribution in [2.45, 2.75) is 16.4 Å². The van der Waals surface area contributed by atoms with Crippen LogP contribution in [0.25, 0.3) is 17.1 Å². The molecule has 0 unspecified atom stereocenters. The summed E-state index contributed by atoms with van der Waals surface area (Å²) in [5.74, 6) is -0.951. The zero-order valence-corrected chi connectivity index (χ0v) is 14.0. The molecule has 0 radical (unpaired) electrons. The van der Waals surface area contributed by atoms with Gasteiger partial charge in [-0.05, 0) is 48.2 Å². The van der Waals surface area contributed by atoms with Gasteiger partial charge in [0.15, 0.2) is 5.65 Å². The van der Waals surface area contributed by atoms with Crippen LogP contribution in [0, 0.1) is 0 Å². The highest BCUT2D eigenvalue weighted by Gasteiger charge is 2.37. The molecule has 12 heteroatoms. The van der Waals surface area contributed by atoms with Crippen molar-refractivity contribution < 1.29 is 17.6 Å². The third-order valence-electron chi connectivity index (χ3n) is 3.18. The second-order valence-electron chi connectivity index (χ2n) is 4.95. The lowest BCUT2D eigenvalue weighted by Gasteiger charge is -2.03. The summed E-state index contributed by atoms with van der Waals surface area (Å²) in [6.45, 7) is 0. The van der Waals surface area contributed by atoms with Gasteiger partial charge in [0.25, 0.3) is 11.0 Å². The number of alkyl halides is 3. The van der Waals surface area contributed by atoms with E-state index in [2.05, 4.69) is 25.5 Å². The molecule has 0 saturated heterocycles. The first-order valence-electron chi connectivity index (χ1n) is 6.97. The fourth-order valence-electron chi connectivity index (χ4n) is 2.05. The summed E-state index contributed by atoms with van der Waals surface area (Å²) in [6.07, 6.45) is -4.66. The number of benzene rings is 1. The van der Waals surface area contributed by atoms with Gasteiger partial charge in [0, 0.05) is 10.6 Å². The fraction of sp³-hybridized carbons (Fsp3) is 0.0714. The molecule has 3 aromatic heterocycles. The zero-order chi connectivity index (χ0) is 18.3. The summed E-state index contributed by atoms with van der Waals surface area (Å²) in [5.41, 5.74) is 0.643. The summed E-state index contributed by atoms with van der Waals surface area (Å²) in [4.78, 5) is 0. The second kappa shape index (κ2) is 6.25. The molecule has 0 bridgehead atoms. The first-order valence-corrected chi connectivity index (χ1v) is 8.16. The number of hydrogen-bond acceptors (Lipinski definition) is 7. The van der Waals surface area contributed by atoms with E-state index in [-0.39, 0.29) is 21.8 Å². The molecule has 26 heavy (non-hydrogen) atoms. The molecule has 0 atom stereocenters. The number of rotatable bonds is 3. The molecule has 0 aliphatic rings. The molecule has 0 amide bonds. The maximum atomic E-state index is 12.9. The number of nitrogens with zero attached hydrogens (tertiary/aromatic N) is 6. The van der Waals surface area contributed by atoms with Gasteiger partial charge in [0.05, 0.1) is 0 Å². The molecule has 132 valence electrons. The van der Waals surface area contributed by atoms with E-state index in [0.29, 0.717) is 15.1 Å². The van der Waals surface area contributed by atoms with E-state index in [4.69, 9.17) is 16.0 Å². The monoisotopic (exact) mass is 398 g/mol. The van der Waals surface area contributed by atoms with Gasteiger partial charge in [-0.3, -0.25) is 0 Å². The van der Waals surface area contributed by atoms with Crippen molar-refractivity contribution in [1.82, 2.24) is 30.0 Å². The lowest BCUT2D eigenvalue weighted by atomic mass is 10.2. The lowest BCUT2D eigenvalue weighted by molar-refractivity contribution is -0.146. The normalized spacial score (nSPS) is 12.0. The molecule has 1 aromatic carbocycles. The van der Waals surface area contributed by atoms with Crippen LogP contribution >= 0.6 is 23.4 Å². The highest BCUT2D eigenvalue weighted by molar-refractivity contribution is 7.99. The smallest absolute Gasteiger partial charge is 0.411 e. The van der Waals surface area contributed by atoms with E-state index in [9.17, 15) is 13.2 Å². The van der Waals surface area contributed by atoms with Crippen molar-refractivity contribution >= 4 is 29.0 Å². The summed E-state index contributed by atoms with van der Waals surface area (Å²) >= 11 is 6.75. The van der Waals surface area contributed by atoms with Crippen LogP contribution in [0.5, 0.6) is 0 Å². The predicted octanol–water partition coefficient (Wildman–Crippen LogP) is 4.00. The van der Waals surface area contributed by atoms with Gasteiger partial charge in [-0.25, -0.2) is 0 Å². The van der Waals surface area contributed by atoms with Crippen molar-refractivity contribution in [1.29, 1.82) is 0 Å². The van der Waals surface area contributed by atoms with Gasteiger partial charge in [-0.2, -0.15) is 22.8 Å². The van der Waals surface area contributed by atoms with Crippen molar-refractivity contribution in [3.63, 3.8) is 0 Å². The molecule has 3 heterocycles. The molecule has 7 nitrogen and oxygen atoms in total. The Kier molecular flexibility index (Phi) is 4.04. The fourth-order valence-corrected chi connectivity index (χ4v) is 2.82. The summed E-state index contributed by atoms with van der Waals surface area (Å²) in [5, 5.41) is 19.1. The van der Waals surface area contributed by atoms with Crippen LogP contribution in [0.2, 0.25) is 5.02 Å².